The van der Waals surface area contributed by atoms with Gasteiger partial charge in [0.05, 0.1) is 5.56 Å². The molecule has 0 unspecified atom stereocenters. The van der Waals surface area contributed by atoms with E-state index >= 15 is 0 Å². The Morgan fingerprint density at radius 2 is 1.80 bits per heavy atom. The zero-order valence-corrected chi connectivity index (χ0v) is 7.91. The van der Waals surface area contributed by atoms with Crippen molar-refractivity contribution in [2.75, 3.05) is 0 Å². The van der Waals surface area contributed by atoms with Gasteiger partial charge in [0.1, 0.15) is 5.75 Å². The molecule has 1 aromatic carbocycles. The summed E-state index contributed by atoms with van der Waals surface area (Å²) in [5, 5.41) is 0. The van der Waals surface area contributed by atoms with Gasteiger partial charge in [-0.05, 0) is 31.2 Å². The largest absolute Gasteiger partial charge is 0.483 e. The molecule has 2 nitrogen and oxygen atoms in total. The Morgan fingerprint density at radius 3 is 2.20 bits per heavy atom. The topological polar surface area (TPSA) is 26.3 Å². The maximum Gasteiger partial charge on any atom is 0.416 e. The Bertz CT molecular complexity index is 330. The summed E-state index contributed by atoms with van der Waals surface area (Å²) < 4.78 is 41.4. The minimum Gasteiger partial charge on any atom is -0.483 e. The van der Waals surface area contributed by atoms with Crippen molar-refractivity contribution in [3.8, 4) is 5.75 Å². The van der Waals surface area contributed by atoms with Crippen molar-refractivity contribution in [2.24, 2.45) is 0 Å². The van der Waals surface area contributed by atoms with Crippen LogP contribution in [0.2, 0.25) is 0 Å². The minimum atomic E-state index is -4.35. The lowest BCUT2D eigenvalue weighted by Crippen LogP contribution is -2.13. The first-order valence-electron chi connectivity index (χ1n) is 4.22. The molecule has 1 aromatic rings. The highest BCUT2D eigenvalue weighted by Gasteiger charge is 2.30. The molecule has 0 saturated carbocycles. The van der Waals surface area contributed by atoms with Crippen LogP contribution in [0.1, 0.15) is 12.5 Å². The second-order valence-electron chi connectivity index (χ2n) is 2.98. The lowest BCUT2D eigenvalue weighted by atomic mass is 10.2. The van der Waals surface area contributed by atoms with Crippen molar-refractivity contribution in [3.63, 3.8) is 0 Å². The predicted octanol–water partition coefficient (Wildman–Crippen LogP) is 2.67. The van der Waals surface area contributed by atoms with Crippen LogP contribution in [0, 0.1) is 0 Å². The zero-order valence-electron chi connectivity index (χ0n) is 7.91. The summed E-state index contributed by atoms with van der Waals surface area (Å²) in [6, 6.07) is 4.19. The van der Waals surface area contributed by atoms with Gasteiger partial charge in [0.15, 0.2) is 12.4 Å². The highest BCUT2D eigenvalue weighted by Crippen LogP contribution is 2.30. The lowest BCUT2D eigenvalue weighted by Gasteiger charge is -2.10. The van der Waals surface area contributed by atoms with Crippen LogP contribution in [0.15, 0.2) is 24.3 Å². The van der Waals surface area contributed by atoms with Crippen LogP contribution in [-0.4, -0.2) is 12.4 Å². The molecule has 0 bridgehead atoms. The molecule has 0 aliphatic rings. The number of halogens is 3. The van der Waals surface area contributed by atoms with E-state index in [1.807, 2.05) is 0 Å². The smallest absolute Gasteiger partial charge is 0.416 e. The maximum absolute atomic E-state index is 12.2. The van der Waals surface area contributed by atoms with Crippen molar-refractivity contribution in [1.82, 2.24) is 0 Å². The van der Waals surface area contributed by atoms with Gasteiger partial charge >= 0.3 is 6.18 Å². The van der Waals surface area contributed by atoms with Gasteiger partial charge in [-0.2, -0.15) is 13.2 Å². The van der Waals surface area contributed by atoms with E-state index in [4.69, 9.17) is 4.74 Å². The Kier molecular flexibility index (Phi) is 3.34. The third kappa shape index (κ3) is 3.27. The quantitative estimate of drug-likeness (QED) is 0.729. The van der Waals surface area contributed by atoms with Crippen molar-refractivity contribution >= 4 is 6.29 Å². The number of rotatable bonds is 3. The third-order valence-electron chi connectivity index (χ3n) is 1.70. The monoisotopic (exact) mass is 218 g/mol. The second kappa shape index (κ2) is 4.33. The van der Waals surface area contributed by atoms with Crippen LogP contribution in [0.5, 0.6) is 5.75 Å². The van der Waals surface area contributed by atoms with Crippen LogP contribution in [0.25, 0.3) is 0 Å². The van der Waals surface area contributed by atoms with Crippen molar-refractivity contribution in [3.05, 3.63) is 29.8 Å². The number of aldehydes is 1. The molecule has 0 N–H and O–H groups in total. The number of carbonyl (C=O) groups is 1. The molecule has 0 heterocycles. The van der Waals surface area contributed by atoms with E-state index in [0.717, 1.165) is 12.1 Å². The van der Waals surface area contributed by atoms with Crippen LogP contribution >= 0.6 is 0 Å². The van der Waals surface area contributed by atoms with Gasteiger partial charge in [-0.15, -0.1) is 0 Å². The van der Waals surface area contributed by atoms with E-state index in [2.05, 4.69) is 0 Å². The van der Waals surface area contributed by atoms with E-state index in [9.17, 15) is 18.0 Å². The fraction of sp³-hybridized carbons (Fsp3) is 0.300. The molecule has 15 heavy (non-hydrogen) atoms. The van der Waals surface area contributed by atoms with Gasteiger partial charge in [0.2, 0.25) is 0 Å². The average molecular weight is 218 g/mol. The molecule has 82 valence electrons. The van der Waals surface area contributed by atoms with Gasteiger partial charge in [0, 0.05) is 0 Å². The molecule has 5 heteroatoms. The molecule has 0 amide bonds. The van der Waals surface area contributed by atoms with E-state index in [-0.39, 0.29) is 5.75 Å². The molecule has 0 spiro atoms. The second-order valence-corrected chi connectivity index (χ2v) is 2.98. The molecule has 0 aliphatic heterocycles. The summed E-state index contributed by atoms with van der Waals surface area (Å²) in [4.78, 5) is 10.2. The Morgan fingerprint density at radius 1 is 1.27 bits per heavy atom. The number of benzene rings is 1. The number of hydrogen-bond acceptors (Lipinski definition) is 2. The first-order valence-corrected chi connectivity index (χ1v) is 4.22. The van der Waals surface area contributed by atoms with Crippen molar-refractivity contribution < 1.29 is 22.7 Å². The summed E-state index contributed by atoms with van der Waals surface area (Å²) >= 11 is 0. The summed E-state index contributed by atoms with van der Waals surface area (Å²) in [5.74, 6) is 0.239. The van der Waals surface area contributed by atoms with Gasteiger partial charge in [-0.3, -0.25) is 4.79 Å². The first-order chi connectivity index (χ1) is 6.93. The Balaban J connectivity index is 2.77. The highest BCUT2D eigenvalue weighted by molar-refractivity contribution is 5.56. The summed E-state index contributed by atoms with van der Waals surface area (Å²) in [7, 11) is 0. The van der Waals surface area contributed by atoms with Crippen LogP contribution < -0.4 is 4.74 Å². The van der Waals surface area contributed by atoms with E-state index in [0.29, 0.717) is 6.29 Å². The van der Waals surface area contributed by atoms with Crippen molar-refractivity contribution in [1.29, 1.82) is 0 Å². The van der Waals surface area contributed by atoms with Gasteiger partial charge in [-0.1, -0.05) is 0 Å². The number of ether oxygens (including phenoxy) is 1. The van der Waals surface area contributed by atoms with Gasteiger partial charge in [0.25, 0.3) is 0 Å². The zero-order chi connectivity index (χ0) is 11.5. The minimum absolute atomic E-state index is 0.239. The molecule has 0 radical (unpaired) electrons. The fourth-order valence-corrected chi connectivity index (χ4v) is 0.965. The number of carbonyl (C=O) groups excluding carboxylic acids is 1. The predicted molar refractivity (Wildman–Crippen MR) is 47.6 cm³/mol. The van der Waals surface area contributed by atoms with E-state index in [1.54, 1.807) is 0 Å². The normalized spacial score (nSPS) is 13.3. The summed E-state index contributed by atoms with van der Waals surface area (Å²) in [6.45, 7) is 1.50. The molecule has 0 aliphatic carbocycles. The van der Waals surface area contributed by atoms with Gasteiger partial charge < -0.3 is 4.74 Å². The Labute approximate surface area is 84.7 Å². The molecule has 0 aromatic heterocycles. The maximum atomic E-state index is 12.2. The summed E-state index contributed by atoms with van der Waals surface area (Å²) in [6.07, 6.45) is -4.45. The number of alkyl halides is 3. The molecule has 0 fully saturated rings. The Hall–Kier alpha value is -1.52. The first kappa shape index (κ1) is 11.6. The van der Waals surface area contributed by atoms with E-state index < -0.39 is 17.8 Å². The molecule has 1 rings (SSSR count). The SMILES string of the molecule is C[C@H](C=O)Oc1ccc(C(F)(F)F)cc1. The molecule has 1 atom stereocenters. The summed E-state index contributed by atoms with van der Waals surface area (Å²) in [5.41, 5.74) is -0.742. The number of hydrogen-bond donors (Lipinski definition) is 0. The van der Waals surface area contributed by atoms with Crippen LogP contribution in [-0.2, 0) is 11.0 Å². The van der Waals surface area contributed by atoms with Crippen molar-refractivity contribution in [2.45, 2.75) is 19.2 Å². The third-order valence-corrected chi connectivity index (χ3v) is 1.70. The van der Waals surface area contributed by atoms with Gasteiger partial charge in [-0.25, -0.2) is 0 Å². The standard InChI is InChI=1S/C10H9F3O2/c1-7(6-14)15-9-4-2-8(3-5-9)10(11,12)13/h2-7H,1H3/t7-/m1/s1. The fourth-order valence-electron chi connectivity index (χ4n) is 0.965. The average Bonchev–Trinajstić information content (AvgIpc) is 2.17. The molecule has 0 saturated heterocycles. The van der Waals surface area contributed by atoms with Crippen LogP contribution in [0.3, 0.4) is 0 Å². The molecular weight excluding hydrogens is 209 g/mol. The lowest BCUT2D eigenvalue weighted by molar-refractivity contribution is -0.137. The highest BCUT2D eigenvalue weighted by atomic mass is 19.4. The van der Waals surface area contributed by atoms with Crippen LogP contribution in [0.4, 0.5) is 13.2 Å². The van der Waals surface area contributed by atoms with E-state index in [1.165, 1.54) is 19.1 Å². The molecular formula is C10H9F3O2.